The molecule has 2 aromatic rings. The number of thioether (sulfide) groups is 1. The molecule has 4 nitrogen and oxygen atoms in total. The van der Waals surface area contributed by atoms with Gasteiger partial charge in [-0.1, -0.05) is 60.5 Å². The van der Waals surface area contributed by atoms with Gasteiger partial charge in [0.1, 0.15) is 6.04 Å². The van der Waals surface area contributed by atoms with Gasteiger partial charge in [0.25, 0.3) is 0 Å². The van der Waals surface area contributed by atoms with E-state index in [0.717, 1.165) is 17.7 Å². The minimum Gasteiger partial charge on any atom is -0.352 e. The van der Waals surface area contributed by atoms with Crippen LogP contribution in [-0.4, -0.2) is 34.6 Å². The van der Waals surface area contributed by atoms with Crippen molar-refractivity contribution >= 4 is 35.2 Å². The third-order valence-electron chi connectivity index (χ3n) is 5.01. The van der Waals surface area contributed by atoms with Crippen molar-refractivity contribution in [1.29, 1.82) is 0 Å². The van der Waals surface area contributed by atoms with E-state index in [9.17, 15) is 9.59 Å². The summed E-state index contributed by atoms with van der Waals surface area (Å²) in [5, 5.41) is 3.63. The summed E-state index contributed by atoms with van der Waals surface area (Å²) in [5.74, 6) is 0.905. The molecule has 0 saturated carbocycles. The van der Waals surface area contributed by atoms with E-state index in [2.05, 4.69) is 30.4 Å². The van der Waals surface area contributed by atoms with E-state index in [0.29, 0.717) is 17.3 Å². The lowest BCUT2D eigenvalue weighted by atomic mass is 10.1. The van der Waals surface area contributed by atoms with E-state index in [-0.39, 0.29) is 17.9 Å². The number of benzene rings is 2. The van der Waals surface area contributed by atoms with E-state index >= 15 is 0 Å². The molecule has 0 aliphatic heterocycles. The van der Waals surface area contributed by atoms with Crippen LogP contribution in [0.15, 0.2) is 48.5 Å². The van der Waals surface area contributed by atoms with Crippen LogP contribution in [-0.2, 0) is 21.9 Å². The Kier molecular flexibility index (Phi) is 9.73. The molecule has 0 fully saturated rings. The summed E-state index contributed by atoms with van der Waals surface area (Å²) >= 11 is 7.55. The number of halogens is 1. The molecule has 0 bridgehead atoms. The van der Waals surface area contributed by atoms with Crippen LogP contribution < -0.4 is 5.32 Å². The number of aryl methyl sites for hydroxylation is 1. The minimum atomic E-state index is -0.554. The van der Waals surface area contributed by atoms with Gasteiger partial charge < -0.3 is 10.2 Å². The number of rotatable bonds is 10. The molecule has 30 heavy (non-hydrogen) atoms. The maximum Gasteiger partial charge on any atom is 0.242 e. The molecule has 2 amide bonds. The zero-order valence-corrected chi connectivity index (χ0v) is 19.7. The molecule has 0 aliphatic carbocycles. The van der Waals surface area contributed by atoms with Crippen molar-refractivity contribution in [2.75, 3.05) is 5.75 Å². The van der Waals surface area contributed by atoms with Crippen molar-refractivity contribution in [2.24, 2.45) is 0 Å². The number of hydrogen-bond acceptors (Lipinski definition) is 3. The van der Waals surface area contributed by atoms with Gasteiger partial charge in [0.15, 0.2) is 0 Å². The fourth-order valence-electron chi connectivity index (χ4n) is 2.98. The van der Waals surface area contributed by atoms with Gasteiger partial charge in [-0.3, -0.25) is 9.59 Å². The Morgan fingerprint density at radius 3 is 2.43 bits per heavy atom. The summed E-state index contributed by atoms with van der Waals surface area (Å²) in [7, 11) is 0. The van der Waals surface area contributed by atoms with Crippen LogP contribution in [0.1, 0.15) is 43.9 Å². The van der Waals surface area contributed by atoms with Crippen molar-refractivity contribution < 1.29 is 9.59 Å². The lowest BCUT2D eigenvalue weighted by molar-refractivity contribution is -0.138. The summed E-state index contributed by atoms with van der Waals surface area (Å²) in [5.41, 5.74) is 3.35. The first-order chi connectivity index (χ1) is 14.3. The van der Waals surface area contributed by atoms with Crippen molar-refractivity contribution in [2.45, 2.75) is 58.5 Å². The summed E-state index contributed by atoms with van der Waals surface area (Å²) in [6.07, 6.45) is 0.843. The third-order valence-corrected chi connectivity index (χ3v) is 6.25. The predicted molar refractivity (Wildman–Crippen MR) is 127 cm³/mol. The Hall–Kier alpha value is -1.98. The van der Waals surface area contributed by atoms with Gasteiger partial charge in [0.2, 0.25) is 11.8 Å². The summed E-state index contributed by atoms with van der Waals surface area (Å²) in [4.78, 5) is 27.4. The quantitative estimate of drug-likeness (QED) is 0.544. The first kappa shape index (κ1) is 24.3. The largest absolute Gasteiger partial charge is 0.352 e. The number of nitrogens with one attached hydrogen (secondary N) is 1. The van der Waals surface area contributed by atoms with E-state index < -0.39 is 6.04 Å². The standard InChI is InChI=1S/C24H31ClN2O2S/c1-5-18(3)26-24(29)19(4)27(14-20-9-11-22(25)12-10-20)23(28)16-30-15-21-8-6-7-17(2)13-21/h6-13,18-19H,5,14-16H2,1-4H3,(H,26,29)/t18-,19-/m0/s1. The van der Waals surface area contributed by atoms with Gasteiger partial charge in [0, 0.05) is 23.4 Å². The van der Waals surface area contributed by atoms with Crippen LogP contribution in [0.3, 0.4) is 0 Å². The third kappa shape index (κ3) is 7.69. The molecule has 0 heterocycles. The minimum absolute atomic E-state index is 0.0468. The van der Waals surface area contributed by atoms with Gasteiger partial charge in [-0.25, -0.2) is 0 Å². The van der Waals surface area contributed by atoms with Gasteiger partial charge in [-0.2, -0.15) is 0 Å². The van der Waals surface area contributed by atoms with Gasteiger partial charge in [-0.15, -0.1) is 11.8 Å². The van der Waals surface area contributed by atoms with Crippen LogP contribution in [0, 0.1) is 6.92 Å². The molecule has 6 heteroatoms. The Balaban J connectivity index is 2.07. The van der Waals surface area contributed by atoms with Crippen LogP contribution in [0.25, 0.3) is 0 Å². The first-order valence-electron chi connectivity index (χ1n) is 10.3. The number of carbonyl (C=O) groups is 2. The lowest BCUT2D eigenvalue weighted by Crippen LogP contribution is -2.50. The molecule has 0 unspecified atom stereocenters. The smallest absolute Gasteiger partial charge is 0.242 e. The number of amides is 2. The second-order valence-corrected chi connectivity index (χ2v) is 9.05. The average Bonchev–Trinajstić information content (AvgIpc) is 2.72. The fourth-order valence-corrected chi connectivity index (χ4v) is 3.96. The van der Waals surface area contributed by atoms with Crippen molar-refractivity contribution in [3.63, 3.8) is 0 Å². The van der Waals surface area contributed by atoms with E-state index in [1.165, 1.54) is 11.1 Å². The highest BCUT2D eigenvalue weighted by Gasteiger charge is 2.26. The molecule has 0 aliphatic rings. The summed E-state index contributed by atoms with van der Waals surface area (Å²) in [6, 6.07) is 15.2. The Bertz CT molecular complexity index is 841. The van der Waals surface area contributed by atoms with Crippen LogP contribution >= 0.6 is 23.4 Å². The van der Waals surface area contributed by atoms with Crippen LogP contribution in [0.5, 0.6) is 0 Å². The molecule has 1 N–H and O–H groups in total. The van der Waals surface area contributed by atoms with Gasteiger partial charge >= 0.3 is 0 Å². The maximum absolute atomic E-state index is 13.1. The fraction of sp³-hybridized carbons (Fsp3) is 0.417. The second kappa shape index (κ2) is 12.0. The van der Waals surface area contributed by atoms with E-state index in [4.69, 9.17) is 11.6 Å². The molecule has 162 valence electrons. The molecule has 0 aromatic heterocycles. The number of nitrogens with zero attached hydrogens (tertiary/aromatic N) is 1. The van der Waals surface area contributed by atoms with Crippen LogP contribution in [0.2, 0.25) is 5.02 Å². The highest BCUT2D eigenvalue weighted by atomic mass is 35.5. The van der Waals surface area contributed by atoms with Crippen molar-refractivity contribution in [3.05, 3.63) is 70.2 Å². The number of carbonyl (C=O) groups excluding carboxylic acids is 2. The SMILES string of the molecule is CC[C@H](C)NC(=O)[C@H](C)N(Cc1ccc(Cl)cc1)C(=O)CSCc1cccc(C)c1. The number of hydrogen-bond donors (Lipinski definition) is 1. The zero-order chi connectivity index (χ0) is 22.1. The predicted octanol–water partition coefficient (Wildman–Crippen LogP) is 5.21. The maximum atomic E-state index is 13.1. The summed E-state index contributed by atoms with van der Waals surface area (Å²) in [6.45, 7) is 8.21. The molecule has 2 atom stereocenters. The molecule has 2 aromatic carbocycles. The zero-order valence-electron chi connectivity index (χ0n) is 18.2. The van der Waals surface area contributed by atoms with E-state index in [1.54, 1.807) is 35.7 Å². The van der Waals surface area contributed by atoms with Gasteiger partial charge in [0.05, 0.1) is 5.75 Å². The molecular formula is C24H31ClN2O2S. The Morgan fingerprint density at radius 2 is 1.80 bits per heavy atom. The van der Waals surface area contributed by atoms with Crippen LogP contribution in [0.4, 0.5) is 0 Å². The van der Waals surface area contributed by atoms with Crippen molar-refractivity contribution in [3.8, 4) is 0 Å². The Morgan fingerprint density at radius 1 is 1.10 bits per heavy atom. The molecule has 0 radical (unpaired) electrons. The monoisotopic (exact) mass is 446 g/mol. The van der Waals surface area contributed by atoms with E-state index in [1.807, 2.05) is 32.0 Å². The molecule has 0 saturated heterocycles. The Labute approximate surface area is 189 Å². The van der Waals surface area contributed by atoms with Gasteiger partial charge in [-0.05, 0) is 50.5 Å². The lowest BCUT2D eigenvalue weighted by Gasteiger charge is -2.29. The molecule has 2 rings (SSSR count). The first-order valence-corrected chi connectivity index (χ1v) is 11.8. The molecule has 0 spiro atoms. The normalized spacial score (nSPS) is 12.8. The second-order valence-electron chi connectivity index (χ2n) is 7.62. The van der Waals surface area contributed by atoms with Crippen molar-refractivity contribution in [1.82, 2.24) is 10.2 Å². The summed E-state index contributed by atoms with van der Waals surface area (Å²) < 4.78 is 0. The topological polar surface area (TPSA) is 49.4 Å². The highest BCUT2D eigenvalue weighted by Crippen LogP contribution is 2.18. The molecular weight excluding hydrogens is 416 g/mol. The average molecular weight is 447 g/mol. The highest BCUT2D eigenvalue weighted by molar-refractivity contribution is 7.99.